The molecule has 0 amide bonds. The van der Waals surface area contributed by atoms with Crippen molar-refractivity contribution in [3.8, 4) is 0 Å². The number of hydrogen-bond donors (Lipinski definition) is 0. The Balaban J connectivity index is 2.02. The molecule has 148 valence electrons. The molecule has 0 saturated heterocycles. The minimum absolute atomic E-state index is 0.313. The summed E-state index contributed by atoms with van der Waals surface area (Å²) in [5.74, 6) is 0. The first kappa shape index (κ1) is 20.7. The molecule has 1 aromatic carbocycles. The molecule has 0 atom stereocenters. The highest BCUT2D eigenvalue weighted by Crippen LogP contribution is 2.30. The summed E-state index contributed by atoms with van der Waals surface area (Å²) in [5, 5.41) is 2.02. The molecule has 0 unspecified atom stereocenters. The van der Waals surface area contributed by atoms with Crippen molar-refractivity contribution in [3.05, 3.63) is 80.8 Å². The van der Waals surface area contributed by atoms with Gasteiger partial charge in [-0.25, -0.2) is 8.42 Å². The van der Waals surface area contributed by atoms with Crippen LogP contribution >= 0.6 is 11.3 Å². The topological polar surface area (TPSA) is 50.3 Å². The van der Waals surface area contributed by atoms with Crippen LogP contribution in [0.25, 0.3) is 0 Å². The van der Waals surface area contributed by atoms with E-state index in [-0.39, 0.29) is 0 Å². The van der Waals surface area contributed by atoms with E-state index in [4.69, 9.17) is 0 Å². The van der Waals surface area contributed by atoms with Gasteiger partial charge in [-0.2, -0.15) is 4.31 Å². The number of pyridine rings is 1. The molecule has 0 radical (unpaired) electrons. The molecular weight excluding hydrogens is 388 g/mol. The number of sulfonamides is 1. The Labute approximate surface area is 171 Å². The molecule has 0 aliphatic rings. The molecule has 2 aromatic heterocycles. The van der Waals surface area contributed by atoms with Crippen LogP contribution in [-0.4, -0.2) is 24.3 Å². The molecule has 3 aromatic rings. The number of nitrogens with zero attached hydrogens (tertiary/aromatic N) is 2. The van der Waals surface area contributed by atoms with Crippen molar-refractivity contribution < 1.29 is 8.42 Å². The first-order valence-corrected chi connectivity index (χ1v) is 11.6. The van der Waals surface area contributed by atoms with Gasteiger partial charge in [0.1, 0.15) is 0 Å². The summed E-state index contributed by atoms with van der Waals surface area (Å²) in [6.07, 6.45) is 4.13. The summed E-state index contributed by atoms with van der Waals surface area (Å²) in [6.45, 7) is 8.49. The fraction of sp³-hybridized carbons (Fsp3) is 0.318. The molecule has 0 fully saturated rings. The molecule has 2 heterocycles. The van der Waals surface area contributed by atoms with E-state index in [0.717, 1.165) is 27.8 Å². The second-order valence-corrected chi connectivity index (χ2v) is 10.0. The molecule has 0 saturated carbocycles. The summed E-state index contributed by atoms with van der Waals surface area (Å²) in [4.78, 5) is 5.77. The van der Waals surface area contributed by atoms with E-state index in [9.17, 15) is 8.42 Å². The highest BCUT2D eigenvalue weighted by atomic mass is 32.2. The quantitative estimate of drug-likeness (QED) is 0.557. The molecule has 28 heavy (non-hydrogen) atoms. The van der Waals surface area contributed by atoms with Crippen LogP contribution in [0.3, 0.4) is 0 Å². The highest BCUT2D eigenvalue weighted by molar-refractivity contribution is 7.89. The Bertz CT molecular complexity index is 1020. The average Bonchev–Trinajstić information content (AvgIpc) is 3.18. The Morgan fingerprint density at radius 3 is 2.32 bits per heavy atom. The second kappa shape index (κ2) is 8.55. The Hall–Kier alpha value is -2.02. The van der Waals surface area contributed by atoms with E-state index in [2.05, 4.69) is 11.1 Å². The minimum Gasteiger partial charge on any atom is -0.264 e. The maximum Gasteiger partial charge on any atom is 0.243 e. The van der Waals surface area contributed by atoms with Crippen LogP contribution in [0.2, 0.25) is 0 Å². The lowest BCUT2D eigenvalue weighted by atomic mass is 10.0. The van der Waals surface area contributed by atoms with E-state index in [0.29, 0.717) is 24.4 Å². The molecule has 0 spiro atoms. The zero-order valence-electron chi connectivity index (χ0n) is 16.8. The van der Waals surface area contributed by atoms with Crippen molar-refractivity contribution in [3.63, 3.8) is 0 Å². The van der Waals surface area contributed by atoms with E-state index in [1.165, 1.54) is 4.88 Å². The molecule has 3 rings (SSSR count). The minimum atomic E-state index is -3.65. The maximum absolute atomic E-state index is 13.8. The highest BCUT2D eigenvalue weighted by Gasteiger charge is 2.29. The predicted octanol–water partition coefficient (Wildman–Crippen LogP) is 4.81. The van der Waals surface area contributed by atoms with Gasteiger partial charge in [0.05, 0.1) is 4.90 Å². The smallest absolute Gasteiger partial charge is 0.243 e. The Morgan fingerprint density at radius 1 is 1.04 bits per heavy atom. The van der Waals surface area contributed by atoms with Gasteiger partial charge in [-0.05, 0) is 79.4 Å². The standard InChI is InChI=1S/C22H26N2O2S2/c1-16-13-17(2)19(4)22(18(16)3)28(25,26)24(11-9-21-8-6-12-27-21)15-20-7-5-10-23-14-20/h5-8,10,12-14H,9,11,15H2,1-4H3. The van der Waals surface area contributed by atoms with E-state index >= 15 is 0 Å². The third kappa shape index (κ3) is 4.35. The van der Waals surface area contributed by atoms with Crippen molar-refractivity contribution in [2.24, 2.45) is 0 Å². The van der Waals surface area contributed by atoms with Crippen molar-refractivity contribution in [2.75, 3.05) is 6.54 Å². The maximum atomic E-state index is 13.8. The normalized spacial score (nSPS) is 11.9. The lowest BCUT2D eigenvalue weighted by Crippen LogP contribution is -2.33. The van der Waals surface area contributed by atoms with Gasteiger partial charge in [0.25, 0.3) is 0 Å². The second-order valence-electron chi connectivity index (χ2n) is 7.12. The third-order valence-corrected chi connectivity index (χ3v) is 8.22. The summed E-state index contributed by atoms with van der Waals surface area (Å²) in [5.41, 5.74) is 4.55. The zero-order valence-corrected chi connectivity index (χ0v) is 18.4. The van der Waals surface area contributed by atoms with Gasteiger partial charge >= 0.3 is 0 Å². The van der Waals surface area contributed by atoms with Crippen LogP contribution in [0.4, 0.5) is 0 Å². The number of rotatable bonds is 7. The van der Waals surface area contributed by atoms with Crippen molar-refractivity contribution in [1.82, 2.24) is 9.29 Å². The molecular formula is C22H26N2O2S2. The van der Waals surface area contributed by atoms with Gasteiger partial charge in [-0.15, -0.1) is 11.3 Å². The third-order valence-electron chi connectivity index (χ3n) is 5.16. The largest absolute Gasteiger partial charge is 0.264 e. The van der Waals surface area contributed by atoms with E-state index < -0.39 is 10.0 Å². The molecule has 0 N–H and O–H groups in total. The number of hydrogen-bond acceptors (Lipinski definition) is 4. The zero-order chi connectivity index (χ0) is 20.3. The van der Waals surface area contributed by atoms with Crippen molar-refractivity contribution in [1.29, 1.82) is 0 Å². The number of benzene rings is 1. The molecule has 0 aliphatic carbocycles. The summed E-state index contributed by atoms with van der Waals surface area (Å²) < 4.78 is 29.1. The monoisotopic (exact) mass is 414 g/mol. The number of aromatic nitrogens is 1. The lowest BCUT2D eigenvalue weighted by molar-refractivity contribution is 0.409. The van der Waals surface area contributed by atoms with Gasteiger partial charge in [-0.3, -0.25) is 4.98 Å². The fourth-order valence-electron chi connectivity index (χ4n) is 3.37. The average molecular weight is 415 g/mol. The predicted molar refractivity (Wildman–Crippen MR) is 115 cm³/mol. The van der Waals surface area contributed by atoms with Crippen LogP contribution < -0.4 is 0 Å². The summed E-state index contributed by atoms with van der Waals surface area (Å²) in [6, 6.07) is 9.86. The van der Waals surface area contributed by atoms with Crippen LogP contribution in [0.5, 0.6) is 0 Å². The first-order chi connectivity index (χ1) is 13.3. The summed E-state index contributed by atoms with van der Waals surface area (Å²) >= 11 is 1.66. The van der Waals surface area contributed by atoms with Gasteiger partial charge in [0, 0.05) is 30.4 Å². The van der Waals surface area contributed by atoms with Crippen molar-refractivity contribution in [2.45, 2.75) is 45.6 Å². The Morgan fingerprint density at radius 2 is 1.75 bits per heavy atom. The van der Waals surface area contributed by atoms with Crippen LogP contribution in [0, 0.1) is 27.7 Å². The van der Waals surface area contributed by atoms with Gasteiger partial charge in [0.15, 0.2) is 0 Å². The van der Waals surface area contributed by atoms with Gasteiger partial charge in [-0.1, -0.05) is 18.2 Å². The molecule has 4 nitrogen and oxygen atoms in total. The van der Waals surface area contributed by atoms with Crippen LogP contribution in [-0.2, 0) is 23.0 Å². The SMILES string of the molecule is Cc1cc(C)c(C)c(S(=O)(=O)N(CCc2cccs2)Cc2cccnc2)c1C. The number of aryl methyl sites for hydroxylation is 2. The van der Waals surface area contributed by atoms with Crippen LogP contribution in [0.15, 0.2) is 53.0 Å². The number of thiophene rings is 1. The molecule has 0 aliphatic heterocycles. The summed E-state index contributed by atoms with van der Waals surface area (Å²) in [7, 11) is -3.65. The van der Waals surface area contributed by atoms with E-state index in [1.54, 1.807) is 28.0 Å². The van der Waals surface area contributed by atoms with Crippen LogP contribution in [0.1, 0.15) is 32.7 Å². The Kier molecular flexibility index (Phi) is 6.33. The first-order valence-electron chi connectivity index (χ1n) is 9.29. The van der Waals surface area contributed by atoms with E-state index in [1.807, 2.05) is 57.3 Å². The van der Waals surface area contributed by atoms with Crippen molar-refractivity contribution >= 4 is 21.4 Å². The molecule has 0 bridgehead atoms. The molecule has 6 heteroatoms. The lowest BCUT2D eigenvalue weighted by Gasteiger charge is -2.25. The van der Waals surface area contributed by atoms with Gasteiger partial charge in [0.2, 0.25) is 10.0 Å². The van der Waals surface area contributed by atoms with Gasteiger partial charge < -0.3 is 0 Å². The fourth-order valence-corrected chi connectivity index (χ4v) is 6.07.